The molecule has 1 saturated heterocycles. The zero-order valence-electron chi connectivity index (χ0n) is 9.44. The van der Waals surface area contributed by atoms with Gasteiger partial charge in [-0.05, 0) is 19.8 Å². The number of likely N-dealkylation sites (tertiary alicyclic amines) is 1. The van der Waals surface area contributed by atoms with Crippen LogP contribution in [0.15, 0.2) is 6.20 Å². The summed E-state index contributed by atoms with van der Waals surface area (Å²) in [5.41, 5.74) is 2.07. The molecule has 0 aromatic carbocycles. The molecule has 90 valence electrons. The van der Waals surface area contributed by atoms with Gasteiger partial charge in [0.2, 0.25) is 0 Å². The number of nitrogens with one attached hydrogen (secondary N) is 1. The standard InChI is InChI=1S/C10H18N4OS/c1-10(15)2-4-14(5-3-10)7-8-6-12-9(13-11)16-8/h6,15H,2-5,7,11H2,1H3,(H,12,13). The second kappa shape index (κ2) is 4.67. The monoisotopic (exact) mass is 242 g/mol. The van der Waals surface area contributed by atoms with Crippen molar-refractivity contribution in [3.63, 3.8) is 0 Å². The van der Waals surface area contributed by atoms with E-state index in [1.165, 1.54) is 4.88 Å². The van der Waals surface area contributed by atoms with E-state index in [0.29, 0.717) is 0 Å². The molecule has 5 nitrogen and oxygen atoms in total. The minimum Gasteiger partial charge on any atom is -0.390 e. The third-order valence-corrected chi connectivity index (χ3v) is 3.90. The third-order valence-electron chi connectivity index (χ3n) is 2.99. The van der Waals surface area contributed by atoms with E-state index in [-0.39, 0.29) is 0 Å². The number of piperidine rings is 1. The molecular weight excluding hydrogens is 224 g/mol. The first-order valence-electron chi connectivity index (χ1n) is 5.45. The molecule has 0 spiro atoms. The quantitative estimate of drug-likeness (QED) is 0.539. The Hall–Kier alpha value is -0.690. The van der Waals surface area contributed by atoms with Gasteiger partial charge in [0.25, 0.3) is 0 Å². The maximum absolute atomic E-state index is 9.84. The van der Waals surface area contributed by atoms with E-state index >= 15 is 0 Å². The number of hydrogen-bond acceptors (Lipinski definition) is 6. The lowest BCUT2D eigenvalue weighted by atomic mass is 9.94. The number of aliphatic hydroxyl groups is 1. The number of aromatic nitrogens is 1. The van der Waals surface area contributed by atoms with Crippen LogP contribution in [0.2, 0.25) is 0 Å². The molecular formula is C10H18N4OS. The van der Waals surface area contributed by atoms with Crippen molar-refractivity contribution in [3.8, 4) is 0 Å². The van der Waals surface area contributed by atoms with E-state index in [0.717, 1.165) is 37.6 Å². The molecule has 0 saturated carbocycles. The van der Waals surface area contributed by atoms with Gasteiger partial charge in [0.1, 0.15) is 0 Å². The number of hydrogen-bond donors (Lipinski definition) is 3. The normalized spacial score (nSPS) is 20.9. The summed E-state index contributed by atoms with van der Waals surface area (Å²) in [6.07, 6.45) is 3.54. The van der Waals surface area contributed by atoms with Crippen LogP contribution in [0.4, 0.5) is 5.13 Å². The summed E-state index contributed by atoms with van der Waals surface area (Å²) in [6.45, 7) is 4.69. The van der Waals surface area contributed by atoms with Gasteiger partial charge >= 0.3 is 0 Å². The van der Waals surface area contributed by atoms with Crippen molar-refractivity contribution in [2.45, 2.75) is 31.9 Å². The van der Waals surface area contributed by atoms with Crippen molar-refractivity contribution in [2.24, 2.45) is 5.84 Å². The molecule has 16 heavy (non-hydrogen) atoms. The molecule has 4 N–H and O–H groups in total. The lowest BCUT2D eigenvalue weighted by Crippen LogP contribution is -2.41. The SMILES string of the molecule is CC1(O)CCN(Cc2cnc(NN)s2)CC1. The minimum absolute atomic E-state index is 0.478. The van der Waals surface area contributed by atoms with E-state index in [9.17, 15) is 5.11 Å². The van der Waals surface area contributed by atoms with E-state index in [2.05, 4.69) is 15.3 Å². The lowest BCUT2D eigenvalue weighted by Gasteiger charge is -2.35. The number of nitrogen functional groups attached to an aromatic ring is 1. The van der Waals surface area contributed by atoms with E-state index < -0.39 is 5.60 Å². The molecule has 0 bridgehead atoms. The smallest absolute Gasteiger partial charge is 0.197 e. The highest BCUT2D eigenvalue weighted by Gasteiger charge is 2.27. The Morgan fingerprint density at radius 2 is 2.31 bits per heavy atom. The van der Waals surface area contributed by atoms with E-state index in [4.69, 9.17) is 5.84 Å². The van der Waals surface area contributed by atoms with Gasteiger partial charge in [-0.15, -0.1) is 0 Å². The van der Waals surface area contributed by atoms with Crippen LogP contribution < -0.4 is 11.3 Å². The van der Waals surface area contributed by atoms with E-state index in [1.54, 1.807) is 11.3 Å². The number of nitrogens with two attached hydrogens (primary N) is 1. The minimum atomic E-state index is -0.478. The van der Waals surface area contributed by atoms with Gasteiger partial charge in [-0.25, -0.2) is 10.8 Å². The van der Waals surface area contributed by atoms with Gasteiger partial charge in [0, 0.05) is 30.7 Å². The maximum atomic E-state index is 9.84. The van der Waals surface area contributed by atoms with Gasteiger partial charge in [0.15, 0.2) is 5.13 Å². The van der Waals surface area contributed by atoms with Crippen molar-refractivity contribution < 1.29 is 5.11 Å². The molecule has 1 fully saturated rings. The number of nitrogens with zero attached hydrogens (tertiary/aromatic N) is 2. The average Bonchev–Trinajstić information content (AvgIpc) is 2.69. The van der Waals surface area contributed by atoms with Crippen molar-refractivity contribution >= 4 is 16.5 Å². The molecule has 0 amide bonds. The highest BCUT2D eigenvalue weighted by atomic mass is 32.1. The predicted octanol–water partition coefficient (Wildman–Crippen LogP) is 0.775. The van der Waals surface area contributed by atoms with Gasteiger partial charge < -0.3 is 5.11 Å². The number of thiazole rings is 1. The van der Waals surface area contributed by atoms with Crippen LogP contribution in [0.5, 0.6) is 0 Å². The van der Waals surface area contributed by atoms with Gasteiger partial charge in [-0.2, -0.15) is 0 Å². The van der Waals surface area contributed by atoms with Crippen LogP contribution in [0, 0.1) is 0 Å². The molecule has 2 rings (SSSR count). The topological polar surface area (TPSA) is 74.4 Å². The van der Waals surface area contributed by atoms with Gasteiger partial charge in [0.05, 0.1) is 5.60 Å². The zero-order valence-corrected chi connectivity index (χ0v) is 10.3. The first-order valence-corrected chi connectivity index (χ1v) is 6.27. The fourth-order valence-electron chi connectivity index (χ4n) is 1.86. The molecule has 6 heteroatoms. The molecule has 0 atom stereocenters. The fraction of sp³-hybridized carbons (Fsp3) is 0.700. The molecule has 0 unspecified atom stereocenters. The van der Waals surface area contributed by atoms with Crippen molar-refractivity contribution in [3.05, 3.63) is 11.1 Å². The second-order valence-corrected chi connectivity index (χ2v) is 5.66. The van der Waals surface area contributed by atoms with Crippen LogP contribution in [0.3, 0.4) is 0 Å². The van der Waals surface area contributed by atoms with Crippen LogP contribution in [0.1, 0.15) is 24.6 Å². The Balaban J connectivity index is 1.87. The van der Waals surface area contributed by atoms with Crippen LogP contribution in [-0.2, 0) is 6.54 Å². The number of hydrazine groups is 1. The molecule has 0 radical (unpaired) electrons. The molecule has 1 aromatic heterocycles. The summed E-state index contributed by atoms with van der Waals surface area (Å²) in [5, 5.41) is 10.6. The second-order valence-electron chi connectivity index (χ2n) is 4.55. The van der Waals surface area contributed by atoms with Crippen molar-refractivity contribution in [2.75, 3.05) is 18.5 Å². The van der Waals surface area contributed by atoms with Gasteiger partial charge in [-0.3, -0.25) is 10.3 Å². The van der Waals surface area contributed by atoms with Crippen LogP contribution in [0.25, 0.3) is 0 Å². The molecule has 0 aliphatic carbocycles. The summed E-state index contributed by atoms with van der Waals surface area (Å²) in [6, 6.07) is 0. The Morgan fingerprint density at radius 3 is 2.88 bits per heavy atom. The summed E-state index contributed by atoms with van der Waals surface area (Å²) in [5.74, 6) is 5.28. The highest BCUT2D eigenvalue weighted by molar-refractivity contribution is 7.15. The van der Waals surface area contributed by atoms with Crippen molar-refractivity contribution in [1.29, 1.82) is 0 Å². The third kappa shape index (κ3) is 2.91. The number of rotatable bonds is 3. The summed E-state index contributed by atoms with van der Waals surface area (Å²) >= 11 is 1.58. The first kappa shape index (κ1) is 11.8. The molecule has 1 aliphatic rings. The van der Waals surface area contributed by atoms with Gasteiger partial charge in [-0.1, -0.05) is 11.3 Å². The summed E-state index contributed by atoms with van der Waals surface area (Å²) in [7, 11) is 0. The zero-order chi connectivity index (χ0) is 11.6. The lowest BCUT2D eigenvalue weighted by molar-refractivity contribution is -0.00707. The maximum Gasteiger partial charge on any atom is 0.197 e. The summed E-state index contributed by atoms with van der Waals surface area (Å²) in [4.78, 5) is 7.68. The first-order chi connectivity index (χ1) is 7.59. The Bertz CT molecular complexity index is 342. The molecule has 1 aliphatic heterocycles. The largest absolute Gasteiger partial charge is 0.390 e. The van der Waals surface area contributed by atoms with Crippen LogP contribution in [-0.4, -0.2) is 33.7 Å². The molecule has 1 aromatic rings. The highest BCUT2D eigenvalue weighted by Crippen LogP contribution is 2.24. The predicted molar refractivity (Wildman–Crippen MR) is 65.1 cm³/mol. The average molecular weight is 242 g/mol. The molecule has 2 heterocycles. The Labute approximate surface area is 99.3 Å². The van der Waals surface area contributed by atoms with E-state index in [1.807, 2.05) is 13.1 Å². The Morgan fingerprint density at radius 1 is 1.62 bits per heavy atom. The Kier molecular flexibility index (Phi) is 3.44. The fourth-order valence-corrected chi connectivity index (χ4v) is 2.63. The van der Waals surface area contributed by atoms with Crippen molar-refractivity contribution in [1.82, 2.24) is 9.88 Å². The number of anilines is 1. The van der Waals surface area contributed by atoms with Crippen LogP contribution >= 0.6 is 11.3 Å². The summed E-state index contributed by atoms with van der Waals surface area (Å²) < 4.78 is 0.